The van der Waals surface area contributed by atoms with Crippen molar-refractivity contribution in [3.05, 3.63) is 106 Å². The summed E-state index contributed by atoms with van der Waals surface area (Å²) in [6.45, 7) is 0.514. The number of hydrogen-bond donors (Lipinski definition) is 1. The maximum absolute atomic E-state index is 13.3. The molecule has 1 aromatic heterocycles. The van der Waals surface area contributed by atoms with Gasteiger partial charge in [0, 0.05) is 28.7 Å². The van der Waals surface area contributed by atoms with Gasteiger partial charge in [0.15, 0.2) is 0 Å². The van der Waals surface area contributed by atoms with E-state index in [1.807, 2.05) is 22.9 Å². The molecular formula is C25H16ClFN2O2. The number of carboxylic acids is 1. The van der Waals surface area contributed by atoms with Crippen molar-refractivity contribution in [2.24, 2.45) is 0 Å². The molecule has 0 radical (unpaired) electrons. The van der Waals surface area contributed by atoms with Crippen LogP contribution in [0.3, 0.4) is 0 Å². The Kier molecular flexibility index (Phi) is 5.57. The second-order valence-corrected chi connectivity index (χ2v) is 7.49. The third-order valence-corrected chi connectivity index (χ3v) is 5.24. The number of hydrogen-bond acceptors (Lipinski definition) is 2. The summed E-state index contributed by atoms with van der Waals surface area (Å²) in [6, 6.07) is 20.2. The molecule has 4 rings (SSSR count). The molecule has 0 fully saturated rings. The monoisotopic (exact) mass is 430 g/mol. The molecular weight excluding hydrogens is 415 g/mol. The predicted octanol–water partition coefficient (Wildman–Crippen LogP) is 6.24. The zero-order chi connectivity index (χ0) is 22.0. The van der Waals surface area contributed by atoms with Gasteiger partial charge in [-0.15, -0.1) is 0 Å². The molecule has 0 saturated heterocycles. The molecule has 0 bridgehead atoms. The van der Waals surface area contributed by atoms with E-state index in [2.05, 4.69) is 6.07 Å². The lowest BCUT2D eigenvalue weighted by Crippen LogP contribution is -1.97. The molecule has 0 aliphatic rings. The third kappa shape index (κ3) is 4.35. The maximum atomic E-state index is 13.3. The molecule has 0 aliphatic carbocycles. The topological polar surface area (TPSA) is 66.0 Å². The van der Waals surface area contributed by atoms with Crippen LogP contribution in [0, 0.1) is 17.1 Å². The minimum absolute atomic E-state index is 0.159. The minimum Gasteiger partial charge on any atom is -0.478 e. The highest BCUT2D eigenvalue weighted by Crippen LogP contribution is 2.29. The highest BCUT2D eigenvalue weighted by molar-refractivity contribution is 6.31. The van der Waals surface area contributed by atoms with Crippen LogP contribution in [0.2, 0.25) is 5.02 Å². The van der Waals surface area contributed by atoms with Gasteiger partial charge in [0.1, 0.15) is 5.82 Å². The fourth-order valence-electron chi connectivity index (χ4n) is 3.45. The van der Waals surface area contributed by atoms with Crippen molar-refractivity contribution in [2.75, 3.05) is 0 Å². The van der Waals surface area contributed by atoms with E-state index in [4.69, 9.17) is 16.7 Å². The lowest BCUT2D eigenvalue weighted by atomic mass is 10.0. The van der Waals surface area contributed by atoms with Crippen molar-refractivity contribution in [3.8, 4) is 6.07 Å². The zero-order valence-corrected chi connectivity index (χ0v) is 17.0. The molecule has 0 atom stereocenters. The zero-order valence-electron chi connectivity index (χ0n) is 16.2. The predicted molar refractivity (Wildman–Crippen MR) is 119 cm³/mol. The highest BCUT2D eigenvalue weighted by Gasteiger charge is 2.11. The molecule has 1 heterocycles. The van der Waals surface area contributed by atoms with Crippen molar-refractivity contribution >= 4 is 40.1 Å². The highest BCUT2D eigenvalue weighted by atomic mass is 35.5. The van der Waals surface area contributed by atoms with Crippen molar-refractivity contribution in [3.63, 3.8) is 0 Å². The van der Waals surface area contributed by atoms with Crippen LogP contribution < -0.4 is 0 Å². The number of allylic oxidation sites excluding steroid dienone is 1. The first-order valence-corrected chi connectivity index (χ1v) is 9.81. The number of carbonyl (C=O) groups is 1. The van der Waals surface area contributed by atoms with Crippen LogP contribution >= 0.6 is 11.6 Å². The molecule has 0 unspecified atom stereocenters. The summed E-state index contributed by atoms with van der Waals surface area (Å²) in [6.07, 6.45) is 3.69. The quantitative estimate of drug-likeness (QED) is 0.381. The Morgan fingerprint density at radius 1 is 1.06 bits per heavy atom. The van der Waals surface area contributed by atoms with Gasteiger partial charge in [-0.3, -0.25) is 0 Å². The van der Waals surface area contributed by atoms with Crippen molar-refractivity contribution in [1.29, 1.82) is 5.26 Å². The Labute approximate surface area is 183 Å². The number of nitrogens with zero attached hydrogens (tertiary/aromatic N) is 2. The SMILES string of the molecule is N#CC(=Cc1cn(Cc2ccc(F)cc2)c2cc(Cl)ccc12)c1ccc(C(=O)O)cc1. The van der Waals surface area contributed by atoms with E-state index in [-0.39, 0.29) is 11.4 Å². The van der Waals surface area contributed by atoms with Gasteiger partial charge in [-0.1, -0.05) is 41.9 Å². The van der Waals surface area contributed by atoms with Crippen molar-refractivity contribution < 1.29 is 14.3 Å². The van der Waals surface area contributed by atoms with Crippen LogP contribution in [-0.4, -0.2) is 15.6 Å². The smallest absolute Gasteiger partial charge is 0.335 e. The second-order valence-electron chi connectivity index (χ2n) is 7.05. The summed E-state index contributed by atoms with van der Waals surface area (Å²) >= 11 is 6.21. The molecule has 0 spiro atoms. The van der Waals surface area contributed by atoms with E-state index < -0.39 is 5.97 Å². The van der Waals surface area contributed by atoms with Gasteiger partial charge < -0.3 is 9.67 Å². The Morgan fingerprint density at radius 3 is 2.39 bits per heavy atom. The molecule has 3 aromatic carbocycles. The summed E-state index contributed by atoms with van der Waals surface area (Å²) in [5.41, 5.74) is 3.84. The van der Waals surface area contributed by atoms with Gasteiger partial charge in [-0.05, 0) is 53.6 Å². The Bertz CT molecular complexity index is 1350. The first-order chi connectivity index (χ1) is 14.9. The largest absolute Gasteiger partial charge is 0.478 e. The van der Waals surface area contributed by atoms with Gasteiger partial charge in [0.2, 0.25) is 0 Å². The number of halogens is 2. The summed E-state index contributed by atoms with van der Waals surface area (Å²) < 4.78 is 15.3. The number of rotatable bonds is 5. The van der Waals surface area contributed by atoms with Gasteiger partial charge in [0.25, 0.3) is 0 Å². The summed E-state index contributed by atoms with van der Waals surface area (Å²) in [5, 5.41) is 20.3. The Morgan fingerprint density at radius 2 is 1.74 bits per heavy atom. The van der Waals surface area contributed by atoms with E-state index in [1.165, 1.54) is 24.3 Å². The van der Waals surface area contributed by atoms with E-state index in [0.717, 1.165) is 22.0 Å². The Hall–Kier alpha value is -3.88. The Balaban J connectivity index is 1.78. The van der Waals surface area contributed by atoms with Gasteiger partial charge >= 0.3 is 5.97 Å². The van der Waals surface area contributed by atoms with E-state index >= 15 is 0 Å². The standard InChI is InChI=1S/C25H16ClFN2O2/c26-21-7-10-23-20(11-19(13-28)17-3-5-18(6-4-17)25(30)31)15-29(24(23)12-21)14-16-1-8-22(27)9-2-16/h1-12,15H,14H2,(H,30,31). The molecule has 4 aromatic rings. The van der Waals surface area contributed by atoms with Gasteiger partial charge in [-0.25, -0.2) is 9.18 Å². The van der Waals surface area contributed by atoms with Gasteiger partial charge in [0.05, 0.1) is 22.7 Å². The molecule has 6 heteroatoms. The fourth-order valence-corrected chi connectivity index (χ4v) is 3.62. The average molecular weight is 431 g/mol. The number of nitriles is 1. The molecule has 0 aliphatic heterocycles. The normalized spacial score (nSPS) is 11.5. The van der Waals surface area contributed by atoms with Crippen LogP contribution in [0.4, 0.5) is 4.39 Å². The molecule has 31 heavy (non-hydrogen) atoms. The number of fused-ring (bicyclic) bond motifs is 1. The van der Waals surface area contributed by atoms with E-state index in [1.54, 1.807) is 36.4 Å². The van der Waals surface area contributed by atoms with E-state index in [0.29, 0.717) is 22.7 Å². The summed E-state index contributed by atoms with van der Waals surface area (Å²) in [7, 11) is 0. The van der Waals surface area contributed by atoms with Crippen LogP contribution in [0.1, 0.15) is 27.0 Å². The molecule has 152 valence electrons. The lowest BCUT2D eigenvalue weighted by molar-refractivity contribution is 0.0697. The number of benzene rings is 3. The van der Waals surface area contributed by atoms with Crippen LogP contribution in [0.5, 0.6) is 0 Å². The van der Waals surface area contributed by atoms with Crippen molar-refractivity contribution in [2.45, 2.75) is 6.54 Å². The lowest BCUT2D eigenvalue weighted by Gasteiger charge is -2.06. The third-order valence-electron chi connectivity index (χ3n) is 5.00. The first-order valence-electron chi connectivity index (χ1n) is 9.43. The minimum atomic E-state index is -1.02. The molecule has 0 saturated carbocycles. The number of aromatic nitrogens is 1. The van der Waals surface area contributed by atoms with E-state index in [9.17, 15) is 14.4 Å². The first kappa shape index (κ1) is 20.4. The van der Waals surface area contributed by atoms with Crippen LogP contribution in [0.25, 0.3) is 22.6 Å². The van der Waals surface area contributed by atoms with Gasteiger partial charge in [-0.2, -0.15) is 5.26 Å². The van der Waals surface area contributed by atoms with Crippen molar-refractivity contribution in [1.82, 2.24) is 4.57 Å². The molecule has 0 amide bonds. The van der Waals surface area contributed by atoms with Crippen LogP contribution in [0.15, 0.2) is 72.9 Å². The molecule has 4 nitrogen and oxygen atoms in total. The maximum Gasteiger partial charge on any atom is 0.335 e. The second kappa shape index (κ2) is 8.47. The number of aromatic carboxylic acids is 1. The van der Waals surface area contributed by atoms with Crippen LogP contribution in [-0.2, 0) is 6.54 Å². The molecule has 1 N–H and O–H groups in total. The number of carboxylic acid groups (broad SMARTS) is 1. The summed E-state index contributed by atoms with van der Waals surface area (Å²) in [4.78, 5) is 11.1. The fraction of sp³-hybridized carbons (Fsp3) is 0.0400. The average Bonchev–Trinajstić information content (AvgIpc) is 3.09. The summed E-state index contributed by atoms with van der Waals surface area (Å²) in [5.74, 6) is -1.31.